The smallest absolute Gasteiger partial charge is 0.220 e. The SMILES string of the molecule is CC(=O)N(Cc1ccccc1)[C@H]1C=C[C@@H](OCc2ccccc2)[C@@H](OCc2ccccc2)[C@@H]1OCc1ccccc1. The molecule has 0 spiro atoms. The summed E-state index contributed by atoms with van der Waals surface area (Å²) in [6.45, 7) is 3.32. The van der Waals surface area contributed by atoms with Crippen LogP contribution in [0.5, 0.6) is 0 Å². The van der Waals surface area contributed by atoms with Gasteiger partial charge in [-0.15, -0.1) is 0 Å². The number of nitrogens with zero attached hydrogens (tertiary/aromatic N) is 1. The Hall–Kier alpha value is -4.03. The fraction of sp³-hybridized carbons (Fsp3) is 0.250. The minimum atomic E-state index is -0.461. The Morgan fingerprint density at radius 1 is 0.561 bits per heavy atom. The summed E-state index contributed by atoms with van der Waals surface area (Å²) >= 11 is 0. The Balaban J connectivity index is 1.46. The van der Waals surface area contributed by atoms with Crippen LogP contribution in [0.25, 0.3) is 0 Å². The van der Waals surface area contributed by atoms with E-state index in [4.69, 9.17) is 14.2 Å². The summed E-state index contributed by atoms with van der Waals surface area (Å²) in [5.41, 5.74) is 4.26. The molecule has 0 N–H and O–H groups in total. The molecule has 41 heavy (non-hydrogen) atoms. The molecule has 0 fully saturated rings. The van der Waals surface area contributed by atoms with Crippen molar-refractivity contribution in [1.29, 1.82) is 0 Å². The average Bonchev–Trinajstić information content (AvgIpc) is 3.02. The lowest BCUT2D eigenvalue weighted by Crippen LogP contribution is -2.56. The Morgan fingerprint density at radius 3 is 1.44 bits per heavy atom. The van der Waals surface area contributed by atoms with Crippen LogP contribution in [0.15, 0.2) is 133 Å². The molecule has 0 saturated carbocycles. The zero-order valence-corrected chi connectivity index (χ0v) is 23.4. The summed E-state index contributed by atoms with van der Waals surface area (Å²) in [4.78, 5) is 15.0. The van der Waals surface area contributed by atoms with E-state index in [9.17, 15) is 4.79 Å². The highest BCUT2D eigenvalue weighted by atomic mass is 16.6. The number of ether oxygens (including phenoxy) is 3. The van der Waals surface area contributed by atoms with Crippen LogP contribution < -0.4 is 0 Å². The van der Waals surface area contributed by atoms with Gasteiger partial charge < -0.3 is 19.1 Å². The second kappa shape index (κ2) is 14.6. The highest BCUT2D eigenvalue weighted by Crippen LogP contribution is 2.29. The van der Waals surface area contributed by atoms with Crippen molar-refractivity contribution in [3.05, 3.63) is 156 Å². The zero-order valence-electron chi connectivity index (χ0n) is 23.4. The molecule has 4 aromatic rings. The van der Waals surface area contributed by atoms with E-state index in [2.05, 4.69) is 18.2 Å². The summed E-state index contributed by atoms with van der Waals surface area (Å²) in [5, 5.41) is 0. The fourth-order valence-corrected chi connectivity index (χ4v) is 5.15. The largest absolute Gasteiger partial charge is 0.368 e. The van der Waals surface area contributed by atoms with Gasteiger partial charge in [-0.1, -0.05) is 133 Å². The third-order valence-corrected chi connectivity index (χ3v) is 7.30. The van der Waals surface area contributed by atoms with Gasteiger partial charge in [-0.3, -0.25) is 4.79 Å². The van der Waals surface area contributed by atoms with Crippen LogP contribution in [0.3, 0.4) is 0 Å². The highest BCUT2D eigenvalue weighted by Gasteiger charge is 2.42. The van der Waals surface area contributed by atoms with Crippen molar-refractivity contribution in [3.8, 4) is 0 Å². The molecule has 0 aliphatic heterocycles. The van der Waals surface area contributed by atoms with Gasteiger partial charge in [0.2, 0.25) is 5.91 Å². The standard InChI is InChI=1S/C36H37NO4/c1-28(38)37(24-29-14-6-2-7-15-29)33-22-23-34(39-25-30-16-8-3-9-17-30)36(41-27-32-20-12-5-13-21-32)35(33)40-26-31-18-10-4-11-19-31/h2-23,33-36H,24-27H2,1H3/t33-,34+,35+,36+/m0/s1. The molecule has 0 aromatic heterocycles. The Morgan fingerprint density at radius 2 is 0.976 bits per heavy atom. The van der Waals surface area contributed by atoms with E-state index in [0.29, 0.717) is 26.4 Å². The monoisotopic (exact) mass is 547 g/mol. The number of hydrogen-bond acceptors (Lipinski definition) is 4. The summed E-state index contributed by atoms with van der Waals surface area (Å²) in [6.07, 6.45) is 2.82. The minimum absolute atomic E-state index is 0.0257. The quantitative estimate of drug-likeness (QED) is 0.185. The maximum Gasteiger partial charge on any atom is 0.220 e. The van der Waals surface area contributed by atoms with Gasteiger partial charge in [-0.05, 0) is 22.3 Å². The van der Waals surface area contributed by atoms with Crippen LogP contribution in [0.4, 0.5) is 0 Å². The van der Waals surface area contributed by atoms with Crippen LogP contribution in [0.2, 0.25) is 0 Å². The molecule has 5 rings (SSSR count). The van der Waals surface area contributed by atoms with Crippen molar-refractivity contribution in [2.45, 2.75) is 57.6 Å². The molecular formula is C36H37NO4. The van der Waals surface area contributed by atoms with Crippen molar-refractivity contribution < 1.29 is 19.0 Å². The average molecular weight is 548 g/mol. The summed E-state index contributed by atoms with van der Waals surface area (Å²) in [7, 11) is 0. The summed E-state index contributed by atoms with van der Waals surface area (Å²) < 4.78 is 19.8. The molecule has 5 nitrogen and oxygen atoms in total. The van der Waals surface area contributed by atoms with Gasteiger partial charge in [0.05, 0.1) is 25.9 Å². The van der Waals surface area contributed by atoms with Gasteiger partial charge in [0.1, 0.15) is 18.3 Å². The van der Waals surface area contributed by atoms with E-state index in [1.165, 1.54) is 0 Å². The molecule has 4 atom stereocenters. The molecule has 0 heterocycles. The molecule has 1 aliphatic rings. The molecule has 1 amide bonds. The second-order valence-electron chi connectivity index (χ2n) is 10.3. The molecule has 5 heteroatoms. The minimum Gasteiger partial charge on any atom is -0.368 e. The molecule has 210 valence electrons. The van der Waals surface area contributed by atoms with Crippen molar-refractivity contribution in [3.63, 3.8) is 0 Å². The molecule has 0 unspecified atom stereocenters. The lowest BCUT2D eigenvalue weighted by molar-refractivity contribution is -0.166. The molecule has 0 bridgehead atoms. The second-order valence-corrected chi connectivity index (χ2v) is 10.3. The van der Waals surface area contributed by atoms with Crippen LogP contribution in [0, 0.1) is 0 Å². The highest BCUT2D eigenvalue weighted by molar-refractivity contribution is 5.74. The molecule has 0 radical (unpaired) electrons. The van der Waals surface area contributed by atoms with Crippen LogP contribution in [-0.4, -0.2) is 35.2 Å². The number of carbonyl (C=O) groups is 1. The van der Waals surface area contributed by atoms with Gasteiger partial charge in [0.15, 0.2) is 0 Å². The van der Waals surface area contributed by atoms with Gasteiger partial charge in [0, 0.05) is 13.5 Å². The van der Waals surface area contributed by atoms with Crippen LogP contribution >= 0.6 is 0 Å². The topological polar surface area (TPSA) is 48.0 Å². The van der Waals surface area contributed by atoms with Crippen molar-refractivity contribution in [1.82, 2.24) is 4.90 Å². The van der Waals surface area contributed by atoms with E-state index in [1.54, 1.807) is 6.92 Å². The number of benzene rings is 4. The molecular weight excluding hydrogens is 510 g/mol. The van der Waals surface area contributed by atoms with E-state index < -0.39 is 12.2 Å². The predicted octanol–water partition coefficient (Wildman–Crippen LogP) is 6.73. The Kier molecular flexibility index (Phi) is 10.1. The van der Waals surface area contributed by atoms with Gasteiger partial charge >= 0.3 is 0 Å². The van der Waals surface area contributed by atoms with Crippen LogP contribution in [-0.2, 0) is 45.4 Å². The van der Waals surface area contributed by atoms with Crippen molar-refractivity contribution in [2.75, 3.05) is 0 Å². The van der Waals surface area contributed by atoms with Crippen molar-refractivity contribution >= 4 is 5.91 Å². The van der Waals surface area contributed by atoms with Crippen molar-refractivity contribution in [2.24, 2.45) is 0 Å². The first-order valence-electron chi connectivity index (χ1n) is 14.1. The fourth-order valence-electron chi connectivity index (χ4n) is 5.15. The first-order valence-corrected chi connectivity index (χ1v) is 14.1. The predicted molar refractivity (Wildman–Crippen MR) is 161 cm³/mol. The number of carbonyl (C=O) groups excluding carboxylic acids is 1. The molecule has 1 aliphatic carbocycles. The van der Waals surface area contributed by atoms with Gasteiger partial charge in [-0.2, -0.15) is 0 Å². The molecule has 0 saturated heterocycles. The number of amides is 1. The third kappa shape index (κ3) is 8.01. The van der Waals surface area contributed by atoms with Gasteiger partial charge in [-0.25, -0.2) is 0 Å². The van der Waals surface area contributed by atoms with E-state index >= 15 is 0 Å². The normalized spacial score (nSPS) is 20.0. The zero-order chi connectivity index (χ0) is 28.3. The lowest BCUT2D eigenvalue weighted by Gasteiger charge is -2.43. The van der Waals surface area contributed by atoms with E-state index in [-0.39, 0.29) is 18.1 Å². The van der Waals surface area contributed by atoms with E-state index in [0.717, 1.165) is 22.3 Å². The summed E-state index contributed by atoms with van der Waals surface area (Å²) in [6, 6.07) is 40.0. The summed E-state index contributed by atoms with van der Waals surface area (Å²) in [5.74, 6) is -0.0257. The van der Waals surface area contributed by atoms with Crippen LogP contribution in [0.1, 0.15) is 29.2 Å². The van der Waals surface area contributed by atoms with Gasteiger partial charge in [0.25, 0.3) is 0 Å². The first-order chi connectivity index (χ1) is 20.2. The Bertz CT molecular complexity index is 1360. The molecule has 4 aromatic carbocycles. The third-order valence-electron chi connectivity index (χ3n) is 7.30. The Labute approximate surface area is 243 Å². The van der Waals surface area contributed by atoms with E-state index in [1.807, 2.05) is 120 Å². The maximum atomic E-state index is 13.1. The maximum absolute atomic E-state index is 13.1. The number of rotatable bonds is 12. The number of hydrogen-bond donors (Lipinski definition) is 0. The lowest BCUT2D eigenvalue weighted by atomic mass is 9.91. The first kappa shape index (κ1) is 28.5.